The Balaban J connectivity index is 2.08. The van der Waals surface area contributed by atoms with Gasteiger partial charge in [-0.05, 0) is 26.8 Å². The summed E-state index contributed by atoms with van der Waals surface area (Å²) in [4.78, 5) is 25.3. The number of para-hydroxylation sites is 1. The standard InChI is InChI=1S/C16H23N3O4/c1-12-5-4-6-13(14(12)19(21)22)15(20)17-11-16(2,3)18-7-9-23-10-8-18/h4-6H,7-11H2,1-3H3,(H,17,20). The summed E-state index contributed by atoms with van der Waals surface area (Å²) in [6.45, 7) is 9.12. The van der Waals surface area contributed by atoms with E-state index in [0.29, 0.717) is 25.3 Å². The maximum atomic E-state index is 12.4. The minimum Gasteiger partial charge on any atom is -0.379 e. The molecule has 0 bridgehead atoms. The van der Waals surface area contributed by atoms with Crippen molar-refractivity contribution < 1.29 is 14.5 Å². The lowest BCUT2D eigenvalue weighted by Gasteiger charge is -2.40. The maximum Gasteiger partial charge on any atom is 0.285 e. The first kappa shape index (κ1) is 17.4. The van der Waals surface area contributed by atoms with E-state index in [1.54, 1.807) is 19.1 Å². The molecule has 1 saturated heterocycles. The molecule has 0 unspecified atom stereocenters. The van der Waals surface area contributed by atoms with Crippen LogP contribution in [-0.4, -0.2) is 54.1 Å². The smallest absolute Gasteiger partial charge is 0.285 e. The number of aryl methyl sites for hydroxylation is 1. The summed E-state index contributed by atoms with van der Waals surface area (Å²) in [7, 11) is 0. The Hall–Kier alpha value is -1.99. The molecule has 2 rings (SSSR count). The summed E-state index contributed by atoms with van der Waals surface area (Å²) in [5.74, 6) is -0.415. The molecule has 1 fully saturated rings. The molecule has 0 aromatic heterocycles. The molecule has 0 radical (unpaired) electrons. The van der Waals surface area contributed by atoms with Gasteiger partial charge in [-0.25, -0.2) is 0 Å². The number of carbonyl (C=O) groups is 1. The molecular weight excluding hydrogens is 298 g/mol. The van der Waals surface area contributed by atoms with Gasteiger partial charge in [-0.15, -0.1) is 0 Å². The number of nitrogens with one attached hydrogen (secondary N) is 1. The normalized spacial score (nSPS) is 16.1. The van der Waals surface area contributed by atoms with Crippen LogP contribution in [0.15, 0.2) is 18.2 Å². The van der Waals surface area contributed by atoms with Crippen molar-refractivity contribution in [2.24, 2.45) is 0 Å². The Morgan fingerprint density at radius 3 is 2.65 bits per heavy atom. The maximum absolute atomic E-state index is 12.4. The number of rotatable bonds is 5. The predicted molar refractivity (Wildman–Crippen MR) is 86.6 cm³/mol. The fraction of sp³-hybridized carbons (Fsp3) is 0.562. The van der Waals surface area contributed by atoms with Crippen LogP contribution in [0.2, 0.25) is 0 Å². The monoisotopic (exact) mass is 321 g/mol. The van der Waals surface area contributed by atoms with Gasteiger partial charge in [0, 0.05) is 30.7 Å². The van der Waals surface area contributed by atoms with Crippen LogP contribution in [0, 0.1) is 17.0 Å². The van der Waals surface area contributed by atoms with E-state index >= 15 is 0 Å². The van der Waals surface area contributed by atoms with E-state index in [4.69, 9.17) is 4.74 Å². The first-order valence-corrected chi connectivity index (χ1v) is 7.68. The number of nitro benzene ring substituents is 1. The third-order valence-corrected chi connectivity index (χ3v) is 4.21. The number of hydrogen-bond acceptors (Lipinski definition) is 5. The van der Waals surface area contributed by atoms with Crippen LogP contribution in [0.1, 0.15) is 29.8 Å². The number of hydrogen-bond donors (Lipinski definition) is 1. The zero-order chi connectivity index (χ0) is 17.0. The van der Waals surface area contributed by atoms with E-state index in [1.807, 2.05) is 13.8 Å². The second-order valence-corrected chi connectivity index (χ2v) is 6.32. The summed E-state index contributed by atoms with van der Waals surface area (Å²) >= 11 is 0. The molecular formula is C16H23N3O4. The van der Waals surface area contributed by atoms with Crippen LogP contribution in [0.3, 0.4) is 0 Å². The van der Waals surface area contributed by atoms with E-state index in [2.05, 4.69) is 10.2 Å². The van der Waals surface area contributed by atoms with Gasteiger partial charge in [-0.1, -0.05) is 12.1 Å². The number of amides is 1. The average molecular weight is 321 g/mol. The lowest BCUT2D eigenvalue weighted by Crippen LogP contribution is -2.55. The molecule has 1 aliphatic heterocycles. The summed E-state index contributed by atoms with van der Waals surface area (Å²) in [6.07, 6.45) is 0. The molecule has 1 N–H and O–H groups in total. The fourth-order valence-corrected chi connectivity index (χ4v) is 2.76. The molecule has 0 saturated carbocycles. The molecule has 0 aliphatic carbocycles. The third-order valence-electron chi connectivity index (χ3n) is 4.21. The minimum absolute atomic E-state index is 0.104. The summed E-state index contributed by atoms with van der Waals surface area (Å²) < 4.78 is 5.34. The van der Waals surface area contributed by atoms with E-state index < -0.39 is 10.8 Å². The predicted octanol–water partition coefficient (Wildman–Crippen LogP) is 1.74. The number of carbonyl (C=O) groups excluding carboxylic acids is 1. The average Bonchev–Trinajstić information content (AvgIpc) is 2.53. The highest BCUT2D eigenvalue weighted by atomic mass is 16.6. The molecule has 0 spiro atoms. The molecule has 0 atom stereocenters. The zero-order valence-corrected chi connectivity index (χ0v) is 13.8. The van der Waals surface area contributed by atoms with Gasteiger partial charge >= 0.3 is 0 Å². The fourth-order valence-electron chi connectivity index (χ4n) is 2.76. The number of ether oxygens (including phenoxy) is 1. The first-order valence-electron chi connectivity index (χ1n) is 7.68. The second-order valence-electron chi connectivity index (χ2n) is 6.32. The van der Waals surface area contributed by atoms with Gasteiger partial charge in [0.05, 0.1) is 18.1 Å². The summed E-state index contributed by atoms with van der Waals surface area (Å²) in [6, 6.07) is 4.78. The van der Waals surface area contributed by atoms with Gasteiger partial charge in [0.15, 0.2) is 0 Å². The molecule has 1 heterocycles. The van der Waals surface area contributed by atoms with Crippen LogP contribution in [-0.2, 0) is 4.74 Å². The molecule has 7 heteroatoms. The highest BCUT2D eigenvalue weighted by Crippen LogP contribution is 2.23. The quantitative estimate of drug-likeness (QED) is 0.659. The van der Waals surface area contributed by atoms with Crippen molar-refractivity contribution in [2.75, 3.05) is 32.8 Å². The van der Waals surface area contributed by atoms with Crippen molar-refractivity contribution in [3.8, 4) is 0 Å². The topological polar surface area (TPSA) is 84.7 Å². The van der Waals surface area contributed by atoms with Crippen molar-refractivity contribution in [1.82, 2.24) is 10.2 Å². The SMILES string of the molecule is Cc1cccc(C(=O)NCC(C)(C)N2CCOCC2)c1[N+](=O)[O-]. The molecule has 1 aromatic carbocycles. The van der Waals surface area contributed by atoms with Crippen molar-refractivity contribution in [1.29, 1.82) is 0 Å². The highest BCUT2D eigenvalue weighted by molar-refractivity contribution is 5.98. The summed E-state index contributed by atoms with van der Waals surface area (Å²) in [5.41, 5.74) is 0.218. The van der Waals surface area contributed by atoms with E-state index in [0.717, 1.165) is 13.1 Å². The van der Waals surface area contributed by atoms with Crippen LogP contribution in [0.5, 0.6) is 0 Å². The van der Waals surface area contributed by atoms with Crippen LogP contribution in [0.25, 0.3) is 0 Å². The first-order chi connectivity index (χ1) is 10.8. The van der Waals surface area contributed by atoms with Gasteiger partial charge in [-0.2, -0.15) is 0 Å². The van der Waals surface area contributed by atoms with Gasteiger partial charge in [0.1, 0.15) is 5.56 Å². The Bertz CT molecular complexity index is 595. The van der Waals surface area contributed by atoms with Gasteiger partial charge in [-0.3, -0.25) is 19.8 Å². The van der Waals surface area contributed by atoms with E-state index in [1.165, 1.54) is 6.07 Å². The number of nitrogens with zero attached hydrogens (tertiary/aromatic N) is 2. The molecule has 126 valence electrons. The van der Waals surface area contributed by atoms with Crippen LogP contribution < -0.4 is 5.32 Å². The second kappa shape index (κ2) is 7.06. The lowest BCUT2D eigenvalue weighted by molar-refractivity contribution is -0.385. The molecule has 1 aromatic rings. The van der Waals surface area contributed by atoms with Gasteiger partial charge in [0.2, 0.25) is 0 Å². The van der Waals surface area contributed by atoms with Crippen LogP contribution >= 0.6 is 0 Å². The Kier molecular flexibility index (Phi) is 5.33. The number of benzene rings is 1. The van der Waals surface area contributed by atoms with Crippen LogP contribution in [0.4, 0.5) is 5.69 Å². The third kappa shape index (κ3) is 4.05. The number of nitro groups is 1. The number of morpholine rings is 1. The molecule has 23 heavy (non-hydrogen) atoms. The Morgan fingerprint density at radius 2 is 2.04 bits per heavy atom. The van der Waals surface area contributed by atoms with E-state index in [9.17, 15) is 14.9 Å². The van der Waals surface area contributed by atoms with Crippen molar-refractivity contribution in [3.63, 3.8) is 0 Å². The molecule has 1 amide bonds. The Morgan fingerprint density at radius 1 is 1.39 bits per heavy atom. The van der Waals surface area contributed by atoms with Gasteiger partial charge in [0.25, 0.3) is 11.6 Å². The molecule has 7 nitrogen and oxygen atoms in total. The highest BCUT2D eigenvalue weighted by Gasteiger charge is 2.30. The zero-order valence-electron chi connectivity index (χ0n) is 13.8. The lowest BCUT2D eigenvalue weighted by atomic mass is 10.0. The van der Waals surface area contributed by atoms with E-state index in [-0.39, 0.29) is 16.8 Å². The van der Waals surface area contributed by atoms with Crippen molar-refractivity contribution in [2.45, 2.75) is 26.3 Å². The Labute approximate surface area is 135 Å². The van der Waals surface area contributed by atoms with Gasteiger partial charge < -0.3 is 10.1 Å². The van der Waals surface area contributed by atoms with Crippen molar-refractivity contribution >= 4 is 11.6 Å². The minimum atomic E-state index is -0.503. The van der Waals surface area contributed by atoms with Crippen molar-refractivity contribution in [3.05, 3.63) is 39.4 Å². The largest absolute Gasteiger partial charge is 0.379 e. The summed E-state index contributed by atoms with van der Waals surface area (Å²) in [5, 5.41) is 14.0. The molecule has 1 aliphatic rings.